The van der Waals surface area contributed by atoms with Gasteiger partial charge < -0.3 is 15.2 Å². The first-order valence-electron chi connectivity index (χ1n) is 7.61. The average Bonchev–Trinajstić information content (AvgIpc) is 2.64. The highest BCUT2D eigenvalue weighted by molar-refractivity contribution is 6.30. The van der Waals surface area contributed by atoms with Gasteiger partial charge in [-0.25, -0.2) is 0 Å². The minimum Gasteiger partial charge on any atom is -0.548 e. The molecule has 1 N–H and O–H groups in total. The van der Waals surface area contributed by atoms with Gasteiger partial charge in [0, 0.05) is 5.56 Å². The highest BCUT2D eigenvalue weighted by Gasteiger charge is 2.16. The van der Waals surface area contributed by atoms with Crippen LogP contribution in [0.25, 0.3) is 0 Å². The Morgan fingerprint density at radius 1 is 1.15 bits per heavy atom. The summed E-state index contributed by atoms with van der Waals surface area (Å²) in [6.45, 7) is 1.15. The molecular weight excluding hydrogens is 358 g/mol. The summed E-state index contributed by atoms with van der Waals surface area (Å²) < 4.78 is 0. The molecule has 1 unspecified atom stereocenters. The Morgan fingerprint density at radius 2 is 1.85 bits per heavy atom. The first-order valence-corrected chi connectivity index (χ1v) is 8.05. The first kappa shape index (κ1) is 19.3. The molecule has 2 aromatic carbocycles. The number of hydrogen-bond acceptors (Lipinski definition) is 6. The summed E-state index contributed by atoms with van der Waals surface area (Å²) in [5.74, 6) is -2.52. The summed E-state index contributed by atoms with van der Waals surface area (Å²) in [5, 5.41) is 19.9. The fourth-order valence-electron chi connectivity index (χ4n) is 2.07. The molecule has 0 aliphatic heterocycles. The molecular formula is C18H15ClN3O4-. The van der Waals surface area contributed by atoms with E-state index < -0.39 is 23.9 Å². The van der Waals surface area contributed by atoms with Crippen LogP contribution in [-0.2, 0) is 9.59 Å². The van der Waals surface area contributed by atoms with Gasteiger partial charge in [-0.3, -0.25) is 9.59 Å². The molecule has 0 saturated heterocycles. The number of rotatable bonds is 7. The number of amides is 1. The molecule has 0 saturated carbocycles. The summed E-state index contributed by atoms with van der Waals surface area (Å²) in [6.07, 6.45) is 0. The van der Waals surface area contributed by atoms with E-state index in [-0.39, 0.29) is 11.5 Å². The standard InChI is InChI=1S/C18H16ClN3O4/c1-11-7-8-14(21-22-17(19)18(26)20-10-15(23)24)13(9-11)16(25)12-5-3-2-4-6-12/h2-9,17H,10H2,1H3,(H,20,26)(H,23,24)/p-1. The number of carbonyl (C=O) groups is 3. The lowest BCUT2D eigenvalue weighted by Gasteiger charge is -2.08. The largest absolute Gasteiger partial charge is 0.548 e. The number of alkyl halides is 1. The molecule has 0 aliphatic rings. The number of aliphatic carboxylic acids is 1. The van der Waals surface area contributed by atoms with Crippen LogP contribution in [0.1, 0.15) is 21.5 Å². The number of ketones is 1. The summed E-state index contributed by atoms with van der Waals surface area (Å²) >= 11 is 5.77. The number of aryl methyl sites for hydroxylation is 1. The Morgan fingerprint density at radius 3 is 2.50 bits per heavy atom. The molecule has 0 bridgehead atoms. The SMILES string of the molecule is Cc1ccc(N=NC(Cl)C(=O)NCC(=O)[O-])c(C(=O)c2ccccc2)c1. The Bertz CT molecular complexity index is 853. The molecule has 7 nitrogen and oxygen atoms in total. The van der Waals surface area contributed by atoms with Gasteiger partial charge in [0.1, 0.15) is 0 Å². The monoisotopic (exact) mass is 372 g/mol. The fourth-order valence-corrected chi connectivity index (χ4v) is 2.19. The maximum absolute atomic E-state index is 12.7. The molecule has 0 radical (unpaired) electrons. The number of benzene rings is 2. The molecule has 2 rings (SSSR count). The molecule has 0 fully saturated rings. The molecule has 0 aliphatic carbocycles. The molecule has 8 heteroatoms. The van der Waals surface area contributed by atoms with E-state index in [1.54, 1.807) is 48.5 Å². The third-order valence-electron chi connectivity index (χ3n) is 3.32. The van der Waals surface area contributed by atoms with Crippen molar-refractivity contribution in [3.8, 4) is 0 Å². The van der Waals surface area contributed by atoms with Crippen LogP contribution >= 0.6 is 11.6 Å². The summed E-state index contributed by atoms with van der Waals surface area (Å²) in [7, 11) is 0. The van der Waals surface area contributed by atoms with Crippen LogP contribution in [0.5, 0.6) is 0 Å². The number of nitrogens with one attached hydrogen (secondary N) is 1. The fraction of sp³-hybridized carbons (Fsp3) is 0.167. The maximum Gasteiger partial charge on any atom is 0.262 e. The quantitative estimate of drug-likeness (QED) is 0.345. The summed E-state index contributed by atoms with van der Waals surface area (Å²) in [6, 6.07) is 13.7. The van der Waals surface area contributed by atoms with Crippen LogP contribution in [0, 0.1) is 6.92 Å². The van der Waals surface area contributed by atoms with Crippen molar-refractivity contribution < 1.29 is 19.5 Å². The predicted molar refractivity (Wildman–Crippen MR) is 93.2 cm³/mol. The van der Waals surface area contributed by atoms with Crippen LogP contribution in [0.2, 0.25) is 0 Å². The number of hydrogen-bond donors (Lipinski definition) is 1. The Balaban J connectivity index is 2.23. The van der Waals surface area contributed by atoms with Gasteiger partial charge in [0.15, 0.2) is 5.78 Å². The lowest BCUT2D eigenvalue weighted by atomic mass is 10.00. The summed E-state index contributed by atoms with van der Waals surface area (Å²) in [4.78, 5) is 34.6. The molecule has 1 atom stereocenters. The molecule has 134 valence electrons. The third kappa shape index (κ3) is 5.22. The normalized spacial score (nSPS) is 11.9. The van der Waals surface area contributed by atoms with Crippen molar-refractivity contribution in [2.45, 2.75) is 12.4 Å². The number of nitrogens with zero attached hydrogens (tertiary/aromatic N) is 2. The van der Waals surface area contributed by atoms with Crippen LogP contribution in [0.15, 0.2) is 58.8 Å². The second kappa shape index (κ2) is 8.87. The van der Waals surface area contributed by atoms with Gasteiger partial charge in [-0.1, -0.05) is 53.6 Å². The van der Waals surface area contributed by atoms with Crippen molar-refractivity contribution in [3.05, 3.63) is 65.2 Å². The lowest BCUT2D eigenvalue weighted by Crippen LogP contribution is -2.40. The average molecular weight is 373 g/mol. The van der Waals surface area contributed by atoms with Crippen molar-refractivity contribution >= 4 is 34.9 Å². The molecule has 0 heterocycles. The van der Waals surface area contributed by atoms with E-state index in [0.717, 1.165) is 5.56 Å². The van der Waals surface area contributed by atoms with Gasteiger partial charge in [-0.15, -0.1) is 0 Å². The maximum atomic E-state index is 12.7. The zero-order chi connectivity index (χ0) is 19.1. The van der Waals surface area contributed by atoms with Crippen LogP contribution < -0.4 is 10.4 Å². The van der Waals surface area contributed by atoms with Gasteiger partial charge in [0.25, 0.3) is 5.91 Å². The van der Waals surface area contributed by atoms with Crippen LogP contribution in [-0.4, -0.2) is 29.7 Å². The van der Waals surface area contributed by atoms with Crippen LogP contribution in [0.3, 0.4) is 0 Å². The minimum absolute atomic E-state index is 0.240. The van der Waals surface area contributed by atoms with Crippen molar-refractivity contribution in [3.63, 3.8) is 0 Å². The van der Waals surface area contributed by atoms with Gasteiger partial charge in [-0.05, 0) is 19.1 Å². The lowest BCUT2D eigenvalue weighted by molar-refractivity contribution is -0.304. The Labute approximate surface area is 154 Å². The number of carboxylic acids is 1. The third-order valence-corrected chi connectivity index (χ3v) is 3.61. The second-order valence-corrected chi connectivity index (χ2v) is 5.77. The minimum atomic E-state index is -1.45. The topological polar surface area (TPSA) is 111 Å². The van der Waals surface area contributed by atoms with Gasteiger partial charge in [-0.2, -0.15) is 10.2 Å². The first-order chi connectivity index (χ1) is 12.4. The smallest absolute Gasteiger partial charge is 0.262 e. The highest BCUT2D eigenvalue weighted by Crippen LogP contribution is 2.24. The van der Waals surface area contributed by atoms with E-state index in [4.69, 9.17) is 11.6 Å². The number of azo groups is 1. The summed E-state index contributed by atoms with van der Waals surface area (Å²) in [5.41, 5.74) is 0.484. The van der Waals surface area contributed by atoms with E-state index in [2.05, 4.69) is 10.2 Å². The number of carboxylic acid groups (broad SMARTS) is 1. The van der Waals surface area contributed by atoms with E-state index in [9.17, 15) is 19.5 Å². The molecule has 26 heavy (non-hydrogen) atoms. The van der Waals surface area contributed by atoms with E-state index in [0.29, 0.717) is 11.1 Å². The van der Waals surface area contributed by atoms with E-state index in [1.165, 1.54) is 0 Å². The van der Waals surface area contributed by atoms with Gasteiger partial charge in [0.05, 0.1) is 23.8 Å². The zero-order valence-electron chi connectivity index (χ0n) is 13.8. The van der Waals surface area contributed by atoms with Crippen molar-refractivity contribution in [1.29, 1.82) is 0 Å². The van der Waals surface area contributed by atoms with E-state index >= 15 is 0 Å². The Kier molecular flexibility index (Phi) is 6.57. The van der Waals surface area contributed by atoms with Crippen molar-refractivity contribution in [1.82, 2.24) is 5.32 Å². The van der Waals surface area contributed by atoms with Crippen LogP contribution in [0.4, 0.5) is 5.69 Å². The molecule has 0 spiro atoms. The zero-order valence-corrected chi connectivity index (χ0v) is 14.6. The number of carbonyl (C=O) groups excluding carboxylic acids is 3. The van der Waals surface area contributed by atoms with E-state index in [1.807, 2.05) is 12.2 Å². The molecule has 0 aromatic heterocycles. The second-order valence-electron chi connectivity index (χ2n) is 5.36. The number of halogens is 1. The highest BCUT2D eigenvalue weighted by atomic mass is 35.5. The van der Waals surface area contributed by atoms with Gasteiger partial charge >= 0.3 is 0 Å². The Hall–Kier alpha value is -3.06. The van der Waals surface area contributed by atoms with Crippen molar-refractivity contribution in [2.75, 3.05) is 6.54 Å². The van der Waals surface area contributed by atoms with Gasteiger partial charge in [0.2, 0.25) is 5.50 Å². The predicted octanol–water partition coefficient (Wildman–Crippen LogP) is 1.74. The van der Waals surface area contributed by atoms with Crippen molar-refractivity contribution in [2.24, 2.45) is 10.2 Å². The molecule has 1 amide bonds. The molecule has 2 aromatic rings.